The van der Waals surface area contributed by atoms with Crippen LogP contribution in [-0.2, 0) is 14.3 Å². The SMILES string of the molecule is COCCOC(=O)CNC(=O)c1cccc(F)c1F. The Labute approximate surface area is 108 Å². The fourth-order valence-electron chi connectivity index (χ4n) is 1.22. The van der Waals surface area contributed by atoms with E-state index in [1.165, 1.54) is 13.2 Å². The van der Waals surface area contributed by atoms with Crippen molar-refractivity contribution in [1.82, 2.24) is 5.32 Å². The van der Waals surface area contributed by atoms with E-state index in [2.05, 4.69) is 14.8 Å². The largest absolute Gasteiger partial charge is 0.462 e. The van der Waals surface area contributed by atoms with Crippen LogP contribution in [0.25, 0.3) is 0 Å². The van der Waals surface area contributed by atoms with Crippen molar-refractivity contribution in [2.45, 2.75) is 0 Å². The maximum Gasteiger partial charge on any atom is 0.325 e. The van der Waals surface area contributed by atoms with Crippen LogP contribution in [0.3, 0.4) is 0 Å². The van der Waals surface area contributed by atoms with Gasteiger partial charge in [-0.25, -0.2) is 8.78 Å². The Morgan fingerprint density at radius 3 is 2.68 bits per heavy atom. The molecule has 0 aliphatic rings. The Bertz CT molecular complexity index is 465. The number of hydrogen-bond acceptors (Lipinski definition) is 4. The van der Waals surface area contributed by atoms with Gasteiger partial charge in [0.15, 0.2) is 11.6 Å². The van der Waals surface area contributed by atoms with Crippen LogP contribution < -0.4 is 5.32 Å². The summed E-state index contributed by atoms with van der Waals surface area (Å²) in [6.45, 7) is -0.143. The van der Waals surface area contributed by atoms with Gasteiger partial charge < -0.3 is 14.8 Å². The van der Waals surface area contributed by atoms with E-state index < -0.39 is 35.6 Å². The predicted molar refractivity (Wildman–Crippen MR) is 61.5 cm³/mol. The molecule has 0 radical (unpaired) electrons. The first kappa shape index (κ1) is 15.0. The number of carbonyl (C=O) groups is 2. The quantitative estimate of drug-likeness (QED) is 0.617. The number of rotatable bonds is 6. The van der Waals surface area contributed by atoms with Crippen LogP contribution in [0.5, 0.6) is 0 Å². The number of ether oxygens (including phenoxy) is 2. The lowest BCUT2D eigenvalue weighted by Gasteiger charge is -2.07. The molecule has 1 aromatic rings. The lowest BCUT2D eigenvalue weighted by atomic mass is 10.2. The van der Waals surface area contributed by atoms with Crippen molar-refractivity contribution in [3.63, 3.8) is 0 Å². The smallest absolute Gasteiger partial charge is 0.325 e. The Kier molecular flexibility index (Phi) is 5.87. The van der Waals surface area contributed by atoms with Crippen LogP contribution in [-0.4, -0.2) is 38.7 Å². The molecule has 0 unspecified atom stereocenters. The highest BCUT2D eigenvalue weighted by atomic mass is 19.2. The van der Waals surface area contributed by atoms with Crippen LogP contribution in [0.2, 0.25) is 0 Å². The molecule has 0 atom stereocenters. The second-order valence-corrected chi connectivity index (χ2v) is 3.50. The minimum Gasteiger partial charge on any atom is -0.462 e. The summed E-state index contributed by atoms with van der Waals surface area (Å²) in [7, 11) is 1.45. The lowest BCUT2D eigenvalue weighted by molar-refractivity contribution is -0.143. The molecule has 0 spiro atoms. The second kappa shape index (κ2) is 7.42. The van der Waals surface area contributed by atoms with Gasteiger partial charge in [-0.05, 0) is 12.1 Å². The van der Waals surface area contributed by atoms with Gasteiger partial charge in [0, 0.05) is 7.11 Å². The van der Waals surface area contributed by atoms with E-state index in [-0.39, 0.29) is 13.2 Å². The fourth-order valence-corrected chi connectivity index (χ4v) is 1.22. The van der Waals surface area contributed by atoms with Gasteiger partial charge in [-0.3, -0.25) is 9.59 Å². The zero-order valence-corrected chi connectivity index (χ0v) is 10.2. The van der Waals surface area contributed by atoms with Crippen LogP contribution in [0, 0.1) is 11.6 Å². The monoisotopic (exact) mass is 273 g/mol. The van der Waals surface area contributed by atoms with Crippen LogP contribution in [0.15, 0.2) is 18.2 Å². The van der Waals surface area contributed by atoms with Crippen molar-refractivity contribution in [3.8, 4) is 0 Å². The van der Waals surface area contributed by atoms with Crippen LogP contribution >= 0.6 is 0 Å². The highest BCUT2D eigenvalue weighted by Crippen LogP contribution is 2.10. The summed E-state index contributed by atoms with van der Waals surface area (Å²) in [5, 5.41) is 2.13. The zero-order valence-electron chi connectivity index (χ0n) is 10.2. The highest BCUT2D eigenvalue weighted by molar-refractivity contribution is 5.96. The van der Waals surface area contributed by atoms with Crippen molar-refractivity contribution >= 4 is 11.9 Å². The highest BCUT2D eigenvalue weighted by Gasteiger charge is 2.15. The van der Waals surface area contributed by atoms with Crippen molar-refractivity contribution in [1.29, 1.82) is 0 Å². The number of nitrogens with one attached hydrogen (secondary N) is 1. The van der Waals surface area contributed by atoms with Gasteiger partial charge in [-0.2, -0.15) is 0 Å². The number of benzene rings is 1. The second-order valence-electron chi connectivity index (χ2n) is 3.50. The Morgan fingerprint density at radius 2 is 2.00 bits per heavy atom. The molecule has 0 aromatic heterocycles. The van der Waals surface area contributed by atoms with E-state index in [1.54, 1.807) is 0 Å². The molecule has 1 aromatic carbocycles. The molecule has 0 heterocycles. The summed E-state index contributed by atoms with van der Waals surface area (Å²) in [4.78, 5) is 22.6. The first-order chi connectivity index (χ1) is 9.06. The molecule has 19 heavy (non-hydrogen) atoms. The first-order valence-electron chi connectivity index (χ1n) is 5.43. The molecule has 1 amide bonds. The summed E-state index contributed by atoms with van der Waals surface area (Å²) in [5.41, 5.74) is -0.468. The fraction of sp³-hybridized carbons (Fsp3) is 0.333. The van der Waals surface area contributed by atoms with Gasteiger partial charge in [0.1, 0.15) is 13.2 Å². The van der Waals surface area contributed by atoms with Gasteiger partial charge in [0.05, 0.1) is 12.2 Å². The summed E-state index contributed by atoms with van der Waals surface area (Å²) < 4.78 is 35.5. The minimum absolute atomic E-state index is 0.0551. The average molecular weight is 273 g/mol. The molecule has 5 nitrogen and oxygen atoms in total. The molecule has 1 rings (SSSR count). The number of carbonyl (C=O) groups excluding carboxylic acids is 2. The number of amides is 1. The summed E-state index contributed by atoms with van der Waals surface area (Å²) in [6, 6.07) is 3.21. The Morgan fingerprint density at radius 1 is 1.26 bits per heavy atom. The van der Waals surface area contributed by atoms with E-state index in [0.717, 1.165) is 12.1 Å². The van der Waals surface area contributed by atoms with Gasteiger partial charge >= 0.3 is 5.97 Å². The molecule has 0 bridgehead atoms. The van der Waals surface area contributed by atoms with E-state index in [9.17, 15) is 18.4 Å². The Balaban J connectivity index is 2.47. The first-order valence-corrected chi connectivity index (χ1v) is 5.43. The molecular formula is C12H13F2NO4. The van der Waals surface area contributed by atoms with Crippen molar-refractivity contribution in [2.24, 2.45) is 0 Å². The van der Waals surface area contributed by atoms with E-state index in [4.69, 9.17) is 0 Å². The predicted octanol–water partition coefficient (Wildman–Crippen LogP) is 0.884. The number of esters is 1. The normalized spacial score (nSPS) is 10.1. The summed E-state index contributed by atoms with van der Waals surface area (Å²) in [5.74, 6) is -3.97. The van der Waals surface area contributed by atoms with E-state index >= 15 is 0 Å². The minimum atomic E-state index is -1.26. The van der Waals surface area contributed by atoms with E-state index in [0.29, 0.717) is 0 Å². The van der Waals surface area contributed by atoms with Crippen molar-refractivity contribution in [3.05, 3.63) is 35.4 Å². The maximum atomic E-state index is 13.3. The van der Waals surface area contributed by atoms with Gasteiger partial charge in [-0.15, -0.1) is 0 Å². The molecule has 7 heteroatoms. The molecule has 0 aliphatic heterocycles. The zero-order chi connectivity index (χ0) is 14.3. The lowest BCUT2D eigenvalue weighted by Crippen LogP contribution is -2.31. The molecule has 104 valence electrons. The average Bonchev–Trinajstić information content (AvgIpc) is 2.39. The number of methoxy groups -OCH3 is 1. The van der Waals surface area contributed by atoms with E-state index in [1.807, 2.05) is 0 Å². The summed E-state index contributed by atoms with van der Waals surface area (Å²) >= 11 is 0. The standard InChI is InChI=1S/C12H13F2NO4/c1-18-5-6-19-10(16)7-15-12(17)8-3-2-4-9(13)11(8)14/h2-4H,5-7H2,1H3,(H,15,17). The Hall–Kier alpha value is -2.02. The van der Waals surface area contributed by atoms with Gasteiger partial charge in [0.2, 0.25) is 0 Å². The molecule has 0 saturated carbocycles. The molecule has 0 fully saturated rings. The molecular weight excluding hydrogens is 260 g/mol. The third-order valence-corrected chi connectivity index (χ3v) is 2.14. The van der Waals surface area contributed by atoms with Crippen LogP contribution in [0.1, 0.15) is 10.4 Å². The maximum absolute atomic E-state index is 13.3. The van der Waals surface area contributed by atoms with Crippen LogP contribution in [0.4, 0.5) is 8.78 Å². The third-order valence-electron chi connectivity index (χ3n) is 2.14. The van der Waals surface area contributed by atoms with Crippen molar-refractivity contribution < 1.29 is 27.8 Å². The molecule has 0 saturated heterocycles. The van der Waals surface area contributed by atoms with Crippen molar-refractivity contribution in [2.75, 3.05) is 26.9 Å². The summed E-state index contributed by atoms with van der Waals surface area (Å²) in [6.07, 6.45) is 0. The van der Waals surface area contributed by atoms with Gasteiger partial charge in [-0.1, -0.05) is 6.07 Å². The molecule has 0 aliphatic carbocycles. The topological polar surface area (TPSA) is 64.6 Å². The number of halogens is 2. The molecule has 1 N–H and O–H groups in total. The number of hydrogen-bond donors (Lipinski definition) is 1. The third kappa shape index (κ3) is 4.63. The van der Waals surface area contributed by atoms with Gasteiger partial charge in [0.25, 0.3) is 5.91 Å².